The van der Waals surface area contributed by atoms with Crippen molar-refractivity contribution in [2.45, 2.75) is 4.90 Å². The molecule has 0 atom stereocenters. The second-order valence-corrected chi connectivity index (χ2v) is 7.53. The fourth-order valence-corrected chi connectivity index (χ4v) is 2.63. The van der Waals surface area contributed by atoms with E-state index in [0.29, 0.717) is 0 Å². The Hall–Kier alpha value is -2.68. The number of amides is 2. The molecule has 1 N–H and O–H groups in total. The van der Waals surface area contributed by atoms with Crippen molar-refractivity contribution in [3.8, 4) is 0 Å². The second kappa shape index (κ2) is 6.44. The molecule has 1 aromatic carbocycles. The molecule has 0 spiro atoms. The number of hydrogen-bond acceptors (Lipinski definition) is 5. The number of rotatable bonds is 4. The molecular weight excluding hydrogens is 332 g/mol. The molecule has 0 aliphatic rings. The summed E-state index contributed by atoms with van der Waals surface area (Å²) in [7, 11) is 1.50. The van der Waals surface area contributed by atoms with Crippen LogP contribution in [0.4, 0.5) is 5.69 Å². The van der Waals surface area contributed by atoms with Crippen molar-refractivity contribution in [2.24, 2.45) is 7.05 Å². The molecule has 1 heterocycles. The van der Waals surface area contributed by atoms with Gasteiger partial charge in [-0.3, -0.25) is 14.3 Å². The van der Waals surface area contributed by atoms with E-state index >= 15 is 0 Å². The summed E-state index contributed by atoms with van der Waals surface area (Å²) in [6.45, 7) is 0. The average molecular weight is 350 g/mol. The van der Waals surface area contributed by atoms with Crippen LogP contribution in [-0.4, -0.2) is 55.3 Å². The lowest BCUT2D eigenvalue weighted by Gasteiger charge is -2.10. The summed E-state index contributed by atoms with van der Waals surface area (Å²) in [5, 5.41) is 6.68. The Morgan fingerprint density at radius 3 is 2.25 bits per heavy atom. The maximum atomic E-state index is 12.3. The van der Waals surface area contributed by atoms with E-state index in [9.17, 15) is 18.0 Å². The summed E-state index contributed by atoms with van der Waals surface area (Å²) in [6, 6.07) is 5.55. The molecule has 0 aliphatic carbocycles. The van der Waals surface area contributed by atoms with E-state index in [4.69, 9.17) is 0 Å². The normalized spacial score (nSPS) is 11.2. The van der Waals surface area contributed by atoms with Gasteiger partial charge in [0, 0.05) is 39.2 Å². The first-order chi connectivity index (χ1) is 11.1. The number of nitrogens with zero attached hydrogens (tertiary/aromatic N) is 3. The summed E-state index contributed by atoms with van der Waals surface area (Å²) in [5.41, 5.74) is 0.687. The van der Waals surface area contributed by atoms with Crippen molar-refractivity contribution in [1.29, 1.82) is 0 Å². The average Bonchev–Trinajstić information content (AvgIpc) is 2.86. The fraction of sp³-hybridized carbons (Fsp3) is 0.267. The van der Waals surface area contributed by atoms with Crippen LogP contribution in [0.1, 0.15) is 20.8 Å². The number of anilines is 1. The number of carbonyl (C=O) groups is 2. The lowest BCUT2D eigenvalue weighted by Crippen LogP contribution is -2.24. The Balaban J connectivity index is 2.26. The van der Waals surface area contributed by atoms with Crippen LogP contribution < -0.4 is 5.32 Å². The topological polar surface area (TPSA) is 101 Å². The van der Waals surface area contributed by atoms with Gasteiger partial charge in [-0.2, -0.15) is 5.10 Å². The molecular formula is C15H18N4O4S. The van der Waals surface area contributed by atoms with Gasteiger partial charge in [-0.15, -0.1) is 0 Å². The lowest BCUT2D eigenvalue weighted by molar-refractivity contribution is 0.0822. The van der Waals surface area contributed by atoms with E-state index < -0.39 is 15.7 Å². The summed E-state index contributed by atoms with van der Waals surface area (Å²) in [4.78, 5) is 25.9. The van der Waals surface area contributed by atoms with Crippen LogP contribution in [0.3, 0.4) is 0 Å². The predicted molar refractivity (Wildman–Crippen MR) is 88.7 cm³/mol. The van der Waals surface area contributed by atoms with Crippen molar-refractivity contribution < 1.29 is 18.0 Å². The molecule has 24 heavy (non-hydrogen) atoms. The number of aryl methyl sites for hydroxylation is 1. The molecule has 0 radical (unpaired) electrons. The molecule has 0 saturated heterocycles. The Bertz CT molecular complexity index is 883. The monoisotopic (exact) mass is 350 g/mol. The molecule has 2 aromatic rings. The Morgan fingerprint density at radius 1 is 1.17 bits per heavy atom. The quantitative estimate of drug-likeness (QED) is 0.878. The van der Waals surface area contributed by atoms with Gasteiger partial charge in [-0.25, -0.2) is 8.42 Å². The third kappa shape index (κ3) is 3.80. The van der Waals surface area contributed by atoms with E-state index in [1.807, 2.05) is 0 Å². The van der Waals surface area contributed by atoms with Gasteiger partial charge < -0.3 is 10.2 Å². The fourth-order valence-electron chi connectivity index (χ4n) is 2.00. The van der Waals surface area contributed by atoms with Crippen molar-refractivity contribution in [3.05, 3.63) is 41.7 Å². The summed E-state index contributed by atoms with van der Waals surface area (Å²) in [5.74, 6) is -0.797. The summed E-state index contributed by atoms with van der Waals surface area (Å²) >= 11 is 0. The van der Waals surface area contributed by atoms with Crippen LogP contribution in [0.15, 0.2) is 35.4 Å². The predicted octanol–water partition coefficient (Wildman–Crippen LogP) is 0.778. The molecule has 128 valence electrons. The maximum absolute atomic E-state index is 12.3. The zero-order valence-electron chi connectivity index (χ0n) is 13.8. The van der Waals surface area contributed by atoms with Gasteiger partial charge in [0.1, 0.15) is 0 Å². The van der Waals surface area contributed by atoms with Crippen LogP contribution in [0.5, 0.6) is 0 Å². The number of sulfone groups is 1. The Morgan fingerprint density at radius 2 is 1.75 bits per heavy atom. The molecule has 9 heteroatoms. The zero-order chi connectivity index (χ0) is 18.1. The first-order valence-corrected chi connectivity index (χ1v) is 8.85. The third-order valence-electron chi connectivity index (χ3n) is 3.23. The first kappa shape index (κ1) is 17.7. The molecule has 2 rings (SSSR count). The minimum atomic E-state index is -3.32. The highest BCUT2D eigenvalue weighted by Crippen LogP contribution is 2.17. The zero-order valence-corrected chi connectivity index (χ0v) is 14.6. The van der Waals surface area contributed by atoms with Crippen molar-refractivity contribution in [3.63, 3.8) is 0 Å². The standard InChI is InChI=1S/C15H18N4O4S/c1-18(2)15(21)13-12(9-19(3)17-13)16-14(20)10-5-7-11(8-6-10)24(4,22)23/h5-9H,1-4H3,(H,16,20). The second-order valence-electron chi connectivity index (χ2n) is 5.52. The minimum Gasteiger partial charge on any atom is -0.343 e. The van der Waals surface area contributed by atoms with Gasteiger partial charge in [-0.1, -0.05) is 0 Å². The van der Waals surface area contributed by atoms with Crippen molar-refractivity contribution >= 4 is 27.3 Å². The van der Waals surface area contributed by atoms with E-state index in [2.05, 4.69) is 10.4 Å². The number of benzene rings is 1. The molecule has 2 amide bonds. The molecule has 0 fully saturated rings. The summed E-state index contributed by atoms with van der Waals surface area (Å²) in [6.07, 6.45) is 2.62. The molecule has 1 aromatic heterocycles. The SMILES string of the molecule is CN(C)C(=O)c1nn(C)cc1NC(=O)c1ccc(S(C)(=O)=O)cc1. The first-order valence-electron chi connectivity index (χ1n) is 6.96. The molecule has 8 nitrogen and oxygen atoms in total. The van der Waals surface area contributed by atoms with Gasteiger partial charge in [-0.05, 0) is 24.3 Å². The Labute approximate surface area is 140 Å². The number of aromatic nitrogens is 2. The Kier molecular flexibility index (Phi) is 4.74. The highest BCUT2D eigenvalue weighted by atomic mass is 32.2. The van der Waals surface area contributed by atoms with Crippen molar-refractivity contribution in [2.75, 3.05) is 25.7 Å². The van der Waals surface area contributed by atoms with Crippen LogP contribution in [0.2, 0.25) is 0 Å². The number of hydrogen-bond donors (Lipinski definition) is 1. The molecule has 0 unspecified atom stereocenters. The van der Waals surface area contributed by atoms with E-state index in [-0.39, 0.29) is 27.7 Å². The van der Waals surface area contributed by atoms with Crippen molar-refractivity contribution in [1.82, 2.24) is 14.7 Å². The highest BCUT2D eigenvalue weighted by Gasteiger charge is 2.20. The molecule has 0 bridgehead atoms. The van der Waals surface area contributed by atoms with Gasteiger partial charge in [0.15, 0.2) is 15.5 Å². The van der Waals surface area contributed by atoms with Gasteiger partial charge in [0.25, 0.3) is 11.8 Å². The minimum absolute atomic E-state index is 0.128. The largest absolute Gasteiger partial charge is 0.343 e. The number of nitrogens with one attached hydrogen (secondary N) is 1. The van der Waals surface area contributed by atoms with E-state index in [1.165, 1.54) is 40.0 Å². The van der Waals surface area contributed by atoms with Crippen LogP contribution in [-0.2, 0) is 16.9 Å². The van der Waals surface area contributed by atoms with E-state index in [1.54, 1.807) is 21.1 Å². The lowest BCUT2D eigenvalue weighted by atomic mass is 10.2. The smallest absolute Gasteiger partial charge is 0.276 e. The van der Waals surface area contributed by atoms with Crippen LogP contribution in [0.25, 0.3) is 0 Å². The van der Waals surface area contributed by atoms with Crippen LogP contribution in [0, 0.1) is 0 Å². The molecule has 0 saturated carbocycles. The van der Waals surface area contributed by atoms with Gasteiger partial charge in [0.05, 0.1) is 10.6 Å². The van der Waals surface area contributed by atoms with Crippen LogP contribution >= 0.6 is 0 Å². The van der Waals surface area contributed by atoms with E-state index in [0.717, 1.165) is 6.26 Å². The summed E-state index contributed by atoms with van der Waals surface area (Å²) < 4.78 is 24.3. The maximum Gasteiger partial charge on any atom is 0.276 e. The highest BCUT2D eigenvalue weighted by molar-refractivity contribution is 7.90. The number of carbonyl (C=O) groups excluding carboxylic acids is 2. The molecule has 0 aliphatic heterocycles. The third-order valence-corrected chi connectivity index (χ3v) is 4.36. The van der Waals surface area contributed by atoms with Gasteiger partial charge >= 0.3 is 0 Å². The van der Waals surface area contributed by atoms with Gasteiger partial charge in [0.2, 0.25) is 0 Å².